The number of rotatable bonds is 5. The Morgan fingerprint density at radius 2 is 1.94 bits per heavy atom. The first-order chi connectivity index (χ1) is 15.2. The molecule has 0 aliphatic heterocycles. The van der Waals surface area contributed by atoms with Crippen LogP contribution in [-0.4, -0.2) is 21.7 Å². The first kappa shape index (κ1) is 21.7. The molecule has 0 saturated carbocycles. The lowest BCUT2D eigenvalue weighted by atomic mass is 9.80. The summed E-state index contributed by atoms with van der Waals surface area (Å²) in [6, 6.07) is 6.95. The number of H-pyrrole nitrogens is 1. The van der Waals surface area contributed by atoms with Crippen LogP contribution < -0.4 is 10.6 Å². The maximum Gasteiger partial charge on any atom is 0.222 e. The summed E-state index contributed by atoms with van der Waals surface area (Å²) in [5, 5.41) is 5.76. The molecule has 1 aliphatic rings. The van der Waals surface area contributed by atoms with Crippen molar-refractivity contribution in [2.45, 2.75) is 33.6 Å². The highest BCUT2D eigenvalue weighted by Crippen LogP contribution is 2.41. The van der Waals surface area contributed by atoms with E-state index in [0.717, 1.165) is 17.8 Å². The lowest BCUT2D eigenvalue weighted by molar-refractivity contribution is -0.114. The largest absolute Gasteiger partial charge is 0.356 e. The number of aromatic nitrogens is 2. The van der Waals surface area contributed by atoms with Crippen molar-refractivity contribution in [2.75, 3.05) is 10.6 Å². The minimum absolute atomic E-state index is 0.00586. The quantitative estimate of drug-likeness (QED) is 0.494. The van der Waals surface area contributed by atoms with E-state index in [1.165, 1.54) is 13.0 Å². The molecule has 1 atom stereocenters. The molecule has 3 N–H and O–H groups in total. The molecule has 166 valence electrons. The molecule has 0 saturated heterocycles. The average molecular weight is 438 g/mol. The molecule has 1 amide bonds. The van der Waals surface area contributed by atoms with E-state index in [4.69, 9.17) is 0 Å². The Kier molecular flexibility index (Phi) is 5.78. The van der Waals surface area contributed by atoms with E-state index in [-0.39, 0.29) is 17.6 Å². The predicted molar refractivity (Wildman–Crippen MR) is 119 cm³/mol. The summed E-state index contributed by atoms with van der Waals surface area (Å²) in [5.41, 5.74) is 3.46. The number of anilines is 3. The lowest BCUT2D eigenvalue weighted by Gasteiger charge is -2.25. The molecule has 6 nitrogen and oxygen atoms in total. The van der Waals surface area contributed by atoms with Gasteiger partial charge in [-0.25, -0.2) is 13.8 Å². The SMILES string of the molecule is CC(=O)Nc1cc(-c2[nH]c3c(c2Nc2ccc(F)c(F)c2)C(=O)CC(C(C)C)C3)ccn1. The van der Waals surface area contributed by atoms with Gasteiger partial charge in [0.1, 0.15) is 5.82 Å². The molecule has 1 unspecified atom stereocenters. The predicted octanol–water partition coefficient (Wildman–Crippen LogP) is 5.46. The summed E-state index contributed by atoms with van der Waals surface area (Å²) < 4.78 is 27.2. The molecule has 0 bridgehead atoms. The highest BCUT2D eigenvalue weighted by atomic mass is 19.2. The zero-order valence-corrected chi connectivity index (χ0v) is 18.1. The number of carbonyl (C=O) groups excluding carboxylic acids is 2. The van der Waals surface area contributed by atoms with Crippen LogP contribution in [0.1, 0.15) is 43.2 Å². The van der Waals surface area contributed by atoms with Crippen LogP contribution in [0.3, 0.4) is 0 Å². The summed E-state index contributed by atoms with van der Waals surface area (Å²) >= 11 is 0. The van der Waals surface area contributed by atoms with Crippen molar-refractivity contribution in [3.05, 3.63) is 59.4 Å². The van der Waals surface area contributed by atoms with Crippen molar-refractivity contribution < 1.29 is 18.4 Å². The Morgan fingerprint density at radius 3 is 2.62 bits per heavy atom. The molecule has 4 rings (SSSR count). The molecule has 3 aromatic rings. The molecule has 0 fully saturated rings. The topological polar surface area (TPSA) is 86.9 Å². The van der Waals surface area contributed by atoms with E-state index >= 15 is 0 Å². The van der Waals surface area contributed by atoms with Crippen molar-refractivity contribution >= 4 is 28.9 Å². The second kappa shape index (κ2) is 8.53. The smallest absolute Gasteiger partial charge is 0.222 e. The summed E-state index contributed by atoms with van der Waals surface area (Å²) in [4.78, 5) is 32.1. The molecular formula is C24H24F2N4O2. The van der Waals surface area contributed by atoms with E-state index in [0.29, 0.717) is 52.8 Å². The minimum Gasteiger partial charge on any atom is -0.356 e. The number of pyridine rings is 1. The van der Waals surface area contributed by atoms with Gasteiger partial charge in [-0.15, -0.1) is 0 Å². The first-order valence-corrected chi connectivity index (χ1v) is 10.5. The highest BCUT2D eigenvalue weighted by Gasteiger charge is 2.33. The first-order valence-electron chi connectivity index (χ1n) is 10.5. The Bertz CT molecular complexity index is 1200. The number of fused-ring (bicyclic) bond motifs is 1. The van der Waals surface area contributed by atoms with Crippen molar-refractivity contribution in [3.63, 3.8) is 0 Å². The third kappa shape index (κ3) is 4.26. The Labute approximate surface area is 184 Å². The Balaban J connectivity index is 1.84. The monoisotopic (exact) mass is 438 g/mol. The zero-order valence-electron chi connectivity index (χ0n) is 18.1. The van der Waals surface area contributed by atoms with Crippen LogP contribution in [0.15, 0.2) is 36.5 Å². The average Bonchev–Trinajstić information content (AvgIpc) is 3.09. The van der Waals surface area contributed by atoms with Crippen molar-refractivity contribution in [3.8, 4) is 11.3 Å². The van der Waals surface area contributed by atoms with Crippen LogP contribution in [0.4, 0.5) is 26.0 Å². The van der Waals surface area contributed by atoms with E-state index < -0.39 is 11.6 Å². The number of hydrogen-bond donors (Lipinski definition) is 3. The van der Waals surface area contributed by atoms with Gasteiger partial charge in [0, 0.05) is 42.6 Å². The number of ketones is 1. The Hall–Kier alpha value is -3.55. The van der Waals surface area contributed by atoms with Crippen LogP contribution in [-0.2, 0) is 11.2 Å². The maximum atomic E-state index is 13.8. The zero-order chi connectivity index (χ0) is 23.0. The van der Waals surface area contributed by atoms with E-state index in [1.54, 1.807) is 18.3 Å². The van der Waals surface area contributed by atoms with Crippen LogP contribution in [0.25, 0.3) is 11.3 Å². The fourth-order valence-corrected chi connectivity index (χ4v) is 4.05. The van der Waals surface area contributed by atoms with Gasteiger partial charge in [0.25, 0.3) is 0 Å². The molecule has 32 heavy (non-hydrogen) atoms. The van der Waals surface area contributed by atoms with E-state index in [2.05, 4.69) is 34.4 Å². The van der Waals surface area contributed by atoms with E-state index in [9.17, 15) is 18.4 Å². The number of aromatic amines is 1. The summed E-state index contributed by atoms with van der Waals surface area (Å²) in [7, 11) is 0. The number of Topliss-reactive ketones (excluding diaryl/α,β-unsaturated/α-hetero) is 1. The van der Waals surface area contributed by atoms with Gasteiger partial charge < -0.3 is 15.6 Å². The van der Waals surface area contributed by atoms with Crippen molar-refractivity contribution in [1.82, 2.24) is 9.97 Å². The van der Waals surface area contributed by atoms with Gasteiger partial charge in [-0.05, 0) is 42.5 Å². The maximum absolute atomic E-state index is 13.8. The number of nitrogens with one attached hydrogen (secondary N) is 3. The third-order valence-corrected chi connectivity index (χ3v) is 5.75. The van der Waals surface area contributed by atoms with Crippen LogP contribution in [0.2, 0.25) is 0 Å². The fourth-order valence-electron chi connectivity index (χ4n) is 4.05. The number of benzene rings is 1. The van der Waals surface area contributed by atoms with Crippen LogP contribution in [0, 0.1) is 23.5 Å². The van der Waals surface area contributed by atoms with Crippen molar-refractivity contribution in [1.29, 1.82) is 0 Å². The second-order valence-corrected chi connectivity index (χ2v) is 8.43. The molecule has 2 heterocycles. The molecule has 0 radical (unpaired) electrons. The van der Waals surface area contributed by atoms with Gasteiger partial charge in [0.05, 0.1) is 16.9 Å². The number of halogens is 2. The van der Waals surface area contributed by atoms with Gasteiger partial charge in [-0.2, -0.15) is 0 Å². The number of carbonyl (C=O) groups is 2. The van der Waals surface area contributed by atoms with E-state index in [1.807, 2.05) is 0 Å². The normalized spacial score (nSPS) is 15.6. The Morgan fingerprint density at radius 1 is 1.16 bits per heavy atom. The summed E-state index contributed by atoms with van der Waals surface area (Å²) in [5.74, 6) is -1.27. The summed E-state index contributed by atoms with van der Waals surface area (Å²) in [6.07, 6.45) is 2.68. The second-order valence-electron chi connectivity index (χ2n) is 8.43. The minimum atomic E-state index is -0.982. The molecular weight excluding hydrogens is 414 g/mol. The van der Waals surface area contributed by atoms with Gasteiger partial charge >= 0.3 is 0 Å². The van der Waals surface area contributed by atoms with Crippen LogP contribution in [0.5, 0.6) is 0 Å². The lowest BCUT2D eigenvalue weighted by Crippen LogP contribution is -2.23. The third-order valence-electron chi connectivity index (χ3n) is 5.75. The number of nitrogens with zero attached hydrogens (tertiary/aromatic N) is 1. The van der Waals surface area contributed by atoms with Crippen molar-refractivity contribution in [2.24, 2.45) is 11.8 Å². The number of amides is 1. The molecule has 2 aromatic heterocycles. The molecule has 1 aliphatic carbocycles. The standard InChI is InChI=1S/C24H24F2N4O2/c1-12(2)15-8-19-22(20(32)9-15)24(29-16-4-5-17(25)18(26)11-16)23(30-19)14-6-7-27-21(10-14)28-13(3)31/h4-7,10-12,15,29-30H,8-9H2,1-3H3,(H,27,28,31). The molecule has 1 aromatic carbocycles. The van der Waals surface area contributed by atoms with Crippen LogP contribution >= 0.6 is 0 Å². The number of hydrogen-bond acceptors (Lipinski definition) is 4. The highest BCUT2D eigenvalue weighted by molar-refractivity contribution is 6.07. The summed E-state index contributed by atoms with van der Waals surface area (Å²) in [6.45, 7) is 5.58. The fraction of sp³-hybridized carbons (Fsp3) is 0.292. The van der Waals surface area contributed by atoms with Gasteiger partial charge in [0.2, 0.25) is 5.91 Å². The van der Waals surface area contributed by atoms with Gasteiger partial charge in [-0.1, -0.05) is 13.8 Å². The molecule has 0 spiro atoms. The molecule has 8 heteroatoms. The van der Waals surface area contributed by atoms with Gasteiger partial charge in [0.15, 0.2) is 17.4 Å². The van der Waals surface area contributed by atoms with Gasteiger partial charge in [-0.3, -0.25) is 9.59 Å².